The Morgan fingerprint density at radius 2 is 2.15 bits per heavy atom. The van der Waals surface area contributed by atoms with Crippen LogP contribution in [0.1, 0.15) is 23.2 Å². The number of aryl methyl sites for hydroxylation is 2. The number of aromatic nitrogens is 1. The average Bonchev–Trinajstić information content (AvgIpc) is 2.67. The maximum Gasteiger partial charge on any atom is 0.152 e. The highest BCUT2D eigenvalue weighted by molar-refractivity contribution is 7.91. The van der Waals surface area contributed by atoms with Gasteiger partial charge in [-0.3, -0.25) is 0 Å². The first-order chi connectivity index (χ1) is 9.21. The van der Waals surface area contributed by atoms with Crippen LogP contribution in [0.2, 0.25) is 0 Å². The van der Waals surface area contributed by atoms with Gasteiger partial charge in [0.15, 0.2) is 9.84 Å². The summed E-state index contributed by atoms with van der Waals surface area (Å²) in [5, 5.41) is 0. The number of nitrogens with two attached hydrogens (primary N) is 1. The molecule has 7 heteroatoms. The number of hydrogen-bond donors (Lipinski definition) is 1. The molecule has 0 amide bonds. The van der Waals surface area contributed by atoms with Gasteiger partial charge in [0.05, 0.1) is 17.1 Å². The van der Waals surface area contributed by atoms with Gasteiger partial charge in [0, 0.05) is 18.8 Å². The van der Waals surface area contributed by atoms with Gasteiger partial charge in [-0.05, 0) is 31.9 Å². The average molecular weight is 313 g/mol. The third-order valence-electron chi connectivity index (χ3n) is 3.66. The van der Waals surface area contributed by atoms with Crippen molar-refractivity contribution in [2.75, 3.05) is 23.5 Å². The lowest BCUT2D eigenvalue weighted by Gasteiger charge is -2.27. The monoisotopic (exact) mass is 313 g/mol. The fourth-order valence-corrected chi connectivity index (χ4v) is 4.66. The number of rotatable bonds is 3. The molecule has 2 rings (SSSR count). The summed E-state index contributed by atoms with van der Waals surface area (Å²) in [5.41, 5.74) is 8.37. The van der Waals surface area contributed by atoms with E-state index in [0.717, 1.165) is 16.8 Å². The van der Waals surface area contributed by atoms with Crippen molar-refractivity contribution in [2.24, 2.45) is 5.73 Å². The maximum absolute atomic E-state index is 11.6. The summed E-state index contributed by atoms with van der Waals surface area (Å²) >= 11 is 5.11. The summed E-state index contributed by atoms with van der Waals surface area (Å²) in [5.74, 6) is 1.07. The van der Waals surface area contributed by atoms with Crippen molar-refractivity contribution < 1.29 is 8.42 Å². The van der Waals surface area contributed by atoms with Crippen molar-refractivity contribution in [2.45, 2.75) is 26.3 Å². The first-order valence-electron chi connectivity index (χ1n) is 6.42. The second-order valence-electron chi connectivity index (χ2n) is 5.31. The van der Waals surface area contributed by atoms with Crippen LogP contribution in [0, 0.1) is 13.8 Å². The number of anilines is 1. The lowest BCUT2D eigenvalue weighted by molar-refractivity contribution is 0.600. The van der Waals surface area contributed by atoms with Crippen LogP contribution in [0.15, 0.2) is 6.07 Å². The minimum Gasteiger partial charge on any atom is -0.389 e. The van der Waals surface area contributed by atoms with Crippen LogP contribution in [0.5, 0.6) is 0 Å². The largest absolute Gasteiger partial charge is 0.389 e. The fraction of sp³-hybridized carbons (Fsp3) is 0.538. The highest BCUT2D eigenvalue weighted by atomic mass is 32.2. The second kappa shape index (κ2) is 5.29. The summed E-state index contributed by atoms with van der Waals surface area (Å²) in [6, 6.07) is 1.86. The molecule has 0 aliphatic carbocycles. The Morgan fingerprint density at radius 3 is 2.65 bits per heavy atom. The van der Waals surface area contributed by atoms with Crippen LogP contribution in [0.25, 0.3) is 0 Å². The van der Waals surface area contributed by atoms with Crippen LogP contribution < -0.4 is 10.6 Å². The lowest BCUT2D eigenvalue weighted by atomic mass is 10.1. The molecule has 1 aromatic rings. The van der Waals surface area contributed by atoms with E-state index >= 15 is 0 Å². The highest BCUT2D eigenvalue weighted by Gasteiger charge is 2.32. The zero-order valence-electron chi connectivity index (χ0n) is 11.9. The molecule has 1 atom stereocenters. The predicted octanol–water partition coefficient (Wildman–Crippen LogP) is 0.956. The quantitative estimate of drug-likeness (QED) is 0.838. The summed E-state index contributed by atoms with van der Waals surface area (Å²) in [4.78, 5) is 6.70. The molecule has 1 aliphatic rings. The van der Waals surface area contributed by atoms with E-state index in [0.29, 0.717) is 12.2 Å². The van der Waals surface area contributed by atoms with E-state index in [4.69, 9.17) is 18.0 Å². The number of pyridine rings is 1. The molecular weight excluding hydrogens is 294 g/mol. The number of thiocarbonyl (C=S) groups is 1. The molecule has 5 nitrogen and oxygen atoms in total. The Hall–Kier alpha value is -1.21. The zero-order chi connectivity index (χ0) is 15.1. The third-order valence-corrected chi connectivity index (χ3v) is 5.62. The molecule has 0 saturated carbocycles. The molecule has 20 heavy (non-hydrogen) atoms. The summed E-state index contributed by atoms with van der Waals surface area (Å²) in [7, 11) is -1.08. The van der Waals surface area contributed by atoms with Crippen molar-refractivity contribution >= 4 is 32.9 Å². The predicted molar refractivity (Wildman–Crippen MR) is 85.1 cm³/mol. The van der Waals surface area contributed by atoms with Gasteiger partial charge < -0.3 is 10.6 Å². The Morgan fingerprint density at radius 1 is 1.50 bits per heavy atom. The fourth-order valence-electron chi connectivity index (χ4n) is 2.63. The molecule has 2 N–H and O–H groups in total. The molecule has 0 aromatic carbocycles. The number of sulfone groups is 1. The van der Waals surface area contributed by atoms with Crippen LogP contribution >= 0.6 is 12.2 Å². The van der Waals surface area contributed by atoms with Crippen LogP contribution in [0.4, 0.5) is 5.82 Å². The summed E-state index contributed by atoms with van der Waals surface area (Å²) in [6.07, 6.45) is 0.615. The van der Waals surface area contributed by atoms with E-state index in [-0.39, 0.29) is 22.5 Å². The molecule has 1 saturated heterocycles. The normalized spacial score (nSPS) is 20.9. The van der Waals surface area contributed by atoms with Crippen LogP contribution in [-0.4, -0.2) is 43.0 Å². The number of hydrogen-bond acceptors (Lipinski definition) is 5. The molecule has 0 bridgehead atoms. The molecular formula is C13H19N3O2S2. The highest BCUT2D eigenvalue weighted by Crippen LogP contribution is 2.27. The van der Waals surface area contributed by atoms with Crippen LogP contribution in [0.3, 0.4) is 0 Å². The van der Waals surface area contributed by atoms with E-state index < -0.39 is 9.84 Å². The van der Waals surface area contributed by atoms with E-state index in [1.165, 1.54) is 0 Å². The van der Waals surface area contributed by atoms with Gasteiger partial charge in [-0.25, -0.2) is 13.4 Å². The molecule has 0 spiro atoms. The van der Waals surface area contributed by atoms with Crippen molar-refractivity contribution in [1.29, 1.82) is 0 Å². The maximum atomic E-state index is 11.6. The van der Waals surface area contributed by atoms with Gasteiger partial charge in [-0.15, -0.1) is 0 Å². The number of nitrogens with zero attached hydrogens (tertiary/aromatic N) is 2. The Labute approximate surface area is 125 Å². The van der Waals surface area contributed by atoms with Gasteiger partial charge in [0.25, 0.3) is 0 Å². The van der Waals surface area contributed by atoms with Crippen molar-refractivity contribution in [3.05, 3.63) is 22.9 Å². The van der Waals surface area contributed by atoms with Crippen LogP contribution in [-0.2, 0) is 9.84 Å². The van der Waals surface area contributed by atoms with Crippen molar-refractivity contribution in [3.63, 3.8) is 0 Å². The van der Waals surface area contributed by atoms with E-state index in [2.05, 4.69) is 4.98 Å². The first kappa shape index (κ1) is 15.2. The molecule has 1 unspecified atom stereocenters. The zero-order valence-corrected chi connectivity index (χ0v) is 13.5. The molecule has 2 heterocycles. The minimum absolute atomic E-state index is 0.0678. The summed E-state index contributed by atoms with van der Waals surface area (Å²) < 4.78 is 23.3. The van der Waals surface area contributed by atoms with Crippen molar-refractivity contribution in [1.82, 2.24) is 4.98 Å². The third kappa shape index (κ3) is 2.93. The Bertz CT molecular complexity index is 656. The molecule has 1 aliphatic heterocycles. The smallest absolute Gasteiger partial charge is 0.152 e. The summed E-state index contributed by atoms with van der Waals surface area (Å²) in [6.45, 7) is 3.84. The van der Waals surface area contributed by atoms with E-state index in [9.17, 15) is 8.42 Å². The van der Waals surface area contributed by atoms with Gasteiger partial charge in [-0.1, -0.05) is 12.2 Å². The SMILES string of the molecule is Cc1cc(C)c(C(N)=S)c(N(C)C2CCS(=O)(=O)C2)n1. The van der Waals surface area contributed by atoms with Gasteiger partial charge in [0.1, 0.15) is 10.8 Å². The Balaban J connectivity index is 2.44. The van der Waals surface area contributed by atoms with E-state index in [1.54, 1.807) is 0 Å². The topological polar surface area (TPSA) is 76.3 Å². The lowest BCUT2D eigenvalue weighted by Crippen LogP contribution is -2.35. The van der Waals surface area contributed by atoms with Gasteiger partial charge in [-0.2, -0.15) is 0 Å². The molecule has 1 fully saturated rings. The molecule has 0 radical (unpaired) electrons. The molecule has 110 valence electrons. The standard InChI is InChI=1S/C13H19N3O2S2/c1-8-6-9(2)15-13(11(8)12(14)19)16(3)10-4-5-20(17,18)7-10/h6,10H,4-5,7H2,1-3H3,(H2,14,19). The van der Waals surface area contributed by atoms with Gasteiger partial charge in [0.2, 0.25) is 0 Å². The Kier molecular flexibility index (Phi) is 4.02. The first-order valence-corrected chi connectivity index (χ1v) is 8.65. The van der Waals surface area contributed by atoms with Crippen molar-refractivity contribution in [3.8, 4) is 0 Å². The van der Waals surface area contributed by atoms with Gasteiger partial charge >= 0.3 is 0 Å². The molecule has 1 aromatic heterocycles. The van der Waals surface area contributed by atoms with E-state index in [1.807, 2.05) is 31.9 Å². The minimum atomic E-state index is -2.94. The second-order valence-corrected chi connectivity index (χ2v) is 7.98.